The summed E-state index contributed by atoms with van der Waals surface area (Å²) in [6.45, 7) is 11.3. The summed E-state index contributed by atoms with van der Waals surface area (Å²) in [4.78, 5) is 16.8. The van der Waals surface area contributed by atoms with Gasteiger partial charge in [-0.1, -0.05) is 37.2 Å². The van der Waals surface area contributed by atoms with Crippen molar-refractivity contribution in [3.63, 3.8) is 0 Å². The molecule has 0 fully saturated rings. The third-order valence-electron chi connectivity index (χ3n) is 3.77. The van der Waals surface area contributed by atoms with Crippen LogP contribution in [0.25, 0.3) is 0 Å². The van der Waals surface area contributed by atoms with E-state index in [1.807, 2.05) is 26.0 Å². The van der Waals surface area contributed by atoms with Crippen molar-refractivity contribution in [2.24, 2.45) is 5.92 Å². The molecule has 1 N–H and O–H groups in total. The average Bonchev–Trinajstić information content (AvgIpc) is 2.75. The topological polar surface area (TPSA) is 46.9 Å². The zero-order chi connectivity index (χ0) is 17.9. The summed E-state index contributed by atoms with van der Waals surface area (Å²) in [6.07, 6.45) is 0. The maximum absolute atomic E-state index is 12.2. The molecule has 6 heteroatoms. The van der Waals surface area contributed by atoms with Crippen molar-refractivity contribution in [3.05, 3.63) is 40.2 Å². The average molecular weight is 366 g/mol. The van der Waals surface area contributed by atoms with Gasteiger partial charge >= 0.3 is 0 Å². The van der Waals surface area contributed by atoms with Crippen molar-refractivity contribution >= 4 is 35.0 Å². The van der Waals surface area contributed by atoms with E-state index in [4.69, 9.17) is 11.6 Å². The Kier molecular flexibility index (Phi) is 6.35. The van der Waals surface area contributed by atoms with Crippen molar-refractivity contribution < 1.29 is 4.79 Å². The minimum absolute atomic E-state index is 0.0418. The fourth-order valence-electron chi connectivity index (χ4n) is 2.40. The molecule has 1 aromatic heterocycles. The molecule has 1 heterocycles. The van der Waals surface area contributed by atoms with Crippen molar-refractivity contribution in [2.45, 2.75) is 46.3 Å². The SMILES string of the molecule is Cc1cc(Cl)ccc1NC(=O)CSc1nc(C)c(C)n1CC(C)C. The van der Waals surface area contributed by atoms with E-state index in [-0.39, 0.29) is 5.91 Å². The molecule has 0 saturated heterocycles. The molecular formula is C18H24ClN3OS. The number of hydrogen-bond donors (Lipinski definition) is 1. The second-order valence-corrected chi connectivity index (χ2v) is 7.74. The first-order chi connectivity index (χ1) is 11.3. The Morgan fingerprint density at radius 2 is 2.04 bits per heavy atom. The van der Waals surface area contributed by atoms with E-state index in [1.54, 1.807) is 6.07 Å². The van der Waals surface area contributed by atoms with Crippen molar-refractivity contribution in [3.8, 4) is 0 Å². The molecule has 1 aromatic carbocycles. The number of aryl methyl sites for hydroxylation is 2. The number of aromatic nitrogens is 2. The maximum atomic E-state index is 12.2. The van der Waals surface area contributed by atoms with Crippen LogP contribution < -0.4 is 5.32 Å². The van der Waals surface area contributed by atoms with Gasteiger partial charge in [0.2, 0.25) is 5.91 Å². The van der Waals surface area contributed by atoms with E-state index < -0.39 is 0 Å². The van der Waals surface area contributed by atoms with E-state index >= 15 is 0 Å². The summed E-state index contributed by atoms with van der Waals surface area (Å²) in [7, 11) is 0. The number of nitrogens with one attached hydrogen (secondary N) is 1. The summed E-state index contributed by atoms with van der Waals surface area (Å²) in [5.41, 5.74) is 3.93. The first kappa shape index (κ1) is 18.9. The highest BCUT2D eigenvalue weighted by Crippen LogP contribution is 2.24. The molecule has 1 amide bonds. The van der Waals surface area contributed by atoms with E-state index in [2.05, 4.69) is 35.6 Å². The van der Waals surface area contributed by atoms with Crippen LogP contribution in [0, 0.1) is 26.7 Å². The molecule has 0 aliphatic heterocycles. The molecule has 0 unspecified atom stereocenters. The summed E-state index contributed by atoms with van der Waals surface area (Å²) in [6, 6.07) is 5.44. The normalized spacial score (nSPS) is 11.1. The summed E-state index contributed by atoms with van der Waals surface area (Å²) in [5, 5.41) is 4.51. The van der Waals surface area contributed by atoms with Gasteiger partial charge in [-0.2, -0.15) is 0 Å². The lowest BCUT2D eigenvalue weighted by Crippen LogP contribution is -2.16. The highest BCUT2D eigenvalue weighted by atomic mass is 35.5. The quantitative estimate of drug-likeness (QED) is 0.744. The van der Waals surface area contributed by atoms with Gasteiger partial charge in [-0.25, -0.2) is 4.98 Å². The van der Waals surface area contributed by atoms with Crippen LogP contribution in [0.5, 0.6) is 0 Å². The molecule has 0 atom stereocenters. The van der Waals surface area contributed by atoms with Gasteiger partial charge in [-0.3, -0.25) is 4.79 Å². The number of anilines is 1. The standard InChI is InChI=1S/C18H24ClN3OS/c1-11(2)9-22-14(5)13(4)20-18(22)24-10-17(23)21-16-7-6-15(19)8-12(16)3/h6-8,11H,9-10H2,1-5H3,(H,21,23). The number of halogens is 1. The third-order valence-corrected chi connectivity index (χ3v) is 4.98. The molecule has 4 nitrogen and oxygen atoms in total. The Morgan fingerprint density at radius 3 is 2.67 bits per heavy atom. The number of carbonyl (C=O) groups excluding carboxylic acids is 1. The number of imidazole rings is 1. The molecule has 0 saturated carbocycles. The van der Waals surface area contributed by atoms with Crippen LogP contribution in [-0.2, 0) is 11.3 Å². The molecule has 0 spiro atoms. The molecule has 24 heavy (non-hydrogen) atoms. The number of hydrogen-bond acceptors (Lipinski definition) is 3. The monoisotopic (exact) mass is 365 g/mol. The van der Waals surface area contributed by atoms with Gasteiger partial charge < -0.3 is 9.88 Å². The first-order valence-electron chi connectivity index (χ1n) is 8.00. The number of amides is 1. The number of nitrogens with zero attached hydrogens (tertiary/aromatic N) is 2. The van der Waals surface area contributed by atoms with Crippen molar-refractivity contribution in [1.82, 2.24) is 9.55 Å². The van der Waals surface area contributed by atoms with Crippen molar-refractivity contribution in [2.75, 3.05) is 11.1 Å². The lowest BCUT2D eigenvalue weighted by Gasteiger charge is -2.12. The number of benzene rings is 1. The van der Waals surface area contributed by atoms with Crippen LogP contribution in [0.3, 0.4) is 0 Å². The fourth-order valence-corrected chi connectivity index (χ4v) is 3.53. The number of rotatable bonds is 6. The van der Waals surface area contributed by atoms with Crippen LogP contribution in [0.2, 0.25) is 5.02 Å². The zero-order valence-corrected chi connectivity index (χ0v) is 16.4. The summed E-state index contributed by atoms with van der Waals surface area (Å²) < 4.78 is 2.20. The molecule has 2 rings (SSSR count). The number of carbonyl (C=O) groups is 1. The number of thioether (sulfide) groups is 1. The van der Waals surface area contributed by atoms with E-state index in [9.17, 15) is 4.79 Å². The first-order valence-corrected chi connectivity index (χ1v) is 9.36. The highest BCUT2D eigenvalue weighted by molar-refractivity contribution is 7.99. The van der Waals surface area contributed by atoms with Crippen LogP contribution in [0.4, 0.5) is 5.69 Å². The van der Waals surface area contributed by atoms with E-state index in [0.717, 1.165) is 28.6 Å². The zero-order valence-electron chi connectivity index (χ0n) is 14.8. The lowest BCUT2D eigenvalue weighted by atomic mass is 10.2. The van der Waals surface area contributed by atoms with Gasteiger partial charge in [0.1, 0.15) is 0 Å². The van der Waals surface area contributed by atoms with Gasteiger partial charge in [0.25, 0.3) is 0 Å². The fraction of sp³-hybridized carbons (Fsp3) is 0.444. The largest absolute Gasteiger partial charge is 0.325 e. The minimum Gasteiger partial charge on any atom is -0.325 e. The van der Waals surface area contributed by atoms with Gasteiger partial charge in [0, 0.05) is 22.9 Å². The van der Waals surface area contributed by atoms with E-state index in [1.165, 1.54) is 17.5 Å². The van der Waals surface area contributed by atoms with Crippen LogP contribution in [-0.4, -0.2) is 21.2 Å². The van der Waals surface area contributed by atoms with Gasteiger partial charge in [-0.15, -0.1) is 0 Å². The van der Waals surface area contributed by atoms with Crippen LogP contribution in [0.15, 0.2) is 23.4 Å². The Hall–Kier alpha value is -1.46. The third kappa shape index (κ3) is 4.77. The second-order valence-electron chi connectivity index (χ2n) is 6.37. The van der Waals surface area contributed by atoms with Gasteiger partial charge in [0.15, 0.2) is 5.16 Å². The second kappa shape index (κ2) is 8.08. The smallest absolute Gasteiger partial charge is 0.234 e. The molecule has 130 valence electrons. The molecular weight excluding hydrogens is 342 g/mol. The minimum atomic E-state index is -0.0418. The van der Waals surface area contributed by atoms with Gasteiger partial charge in [-0.05, 0) is 50.5 Å². The highest BCUT2D eigenvalue weighted by Gasteiger charge is 2.14. The van der Waals surface area contributed by atoms with Crippen LogP contribution >= 0.6 is 23.4 Å². The summed E-state index contributed by atoms with van der Waals surface area (Å²) >= 11 is 7.42. The Balaban J connectivity index is 2.02. The maximum Gasteiger partial charge on any atom is 0.234 e. The predicted octanol–water partition coefficient (Wildman–Crippen LogP) is 4.85. The lowest BCUT2D eigenvalue weighted by molar-refractivity contribution is -0.113. The molecule has 2 aromatic rings. The molecule has 0 radical (unpaired) electrons. The van der Waals surface area contributed by atoms with E-state index in [0.29, 0.717) is 16.7 Å². The Morgan fingerprint density at radius 1 is 1.33 bits per heavy atom. The molecule has 0 aliphatic carbocycles. The van der Waals surface area contributed by atoms with Gasteiger partial charge in [0.05, 0.1) is 11.4 Å². The Labute approximate surface area is 153 Å². The summed E-state index contributed by atoms with van der Waals surface area (Å²) in [5.74, 6) is 0.817. The molecule has 0 aliphatic rings. The molecule has 0 bridgehead atoms. The Bertz CT molecular complexity index is 740. The van der Waals surface area contributed by atoms with Crippen LogP contribution in [0.1, 0.15) is 30.8 Å². The van der Waals surface area contributed by atoms with Crippen molar-refractivity contribution in [1.29, 1.82) is 0 Å². The predicted molar refractivity (Wildman–Crippen MR) is 102 cm³/mol.